The lowest BCUT2D eigenvalue weighted by atomic mass is 10.4. The number of nitrogens with one attached hydrogen (secondary N) is 2. The summed E-state index contributed by atoms with van der Waals surface area (Å²) in [4.78, 5) is 0.101. The second-order valence-corrected chi connectivity index (χ2v) is 5.71. The minimum absolute atomic E-state index is 0. The van der Waals surface area contributed by atoms with Gasteiger partial charge in [0, 0.05) is 26.7 Å². The third-order valence-corrected chi connectivity index (χ3v) is 4.16. The van der Waals surface area contributed by atoms with Crippen LogP contribution in [0.15, 0.2) is 29.2 Å². The van der Waals surface area contributed by atoms with Crippen molar-refractivity contribution in [1.82, 2.24) is 10.0 Å². The van der Waals surface area contributed by atoms with Crippen LogP contribution in [-0.4, -0.2) is 41.8 Å². The fourth-order valence-corrected chi connectivity index (χ4v) is 2.86. The number of benzene rings is 1. The molecule has 0 atom stereocenters. The smallest absolute Gasteiger partial charge is 0.242 e. The Bertz CT molecular complexity index is 469. The summed E-state index contributed by atoms with van der Waals surface area (Å²) in [7, 11) is -1.92. The summed E-state index contributed by atoms with van der Waals surface area (Å²) in [5.74, 6) is 0. The fraction of sp³-hybridized carbons (Fsp3) is 0.455. The molecule has 0 saturated heterocycles. The second-order valence-electron chi connectivity index (χ2n) is 3.57. The summed E-state index contributed by atoms with van der Waals surface area (Å²) >= 11 is 5.84. The van der Waals surface area contributed by atoms with E-state index in [-0.39, 0.29) is 22.3 Å². The van der Waals surface area contributed by atoms with Crippen LogP contribution in [0.4, 0.5) is 0 Å². The Kier molecular flexibility index (Phi) is 9.34. The molecule has 0 spiro atoms. The molecule has 1 aromatic rings. The summed E-state index contributed by atoms with van der Waals surface area (Å²) in [6, 6.07) is 6.35. The third-order valence-electron chi connectivity index (χ3n) is 2.20. The van der Waals surface area contributed by atoms with E-state index in [1.807, 2.05) is 0 Å². The normalized spacial score (nSPS) is 11.1. The van der Waals surface area contributed by atoms with Gasteiger partial charge in [0.1, 0.15) is 4.90 Å². The van der Waals surface area contributed by atoms with Crippen LogP contribution in [0.1, 0.15) is 0 Å². The van der Waals surface area contributed by atoms with Crippen LogP contribution in [0.2, 0.25) is 5.02 Å². The molecule has 5 nitrogen and oxygen atoms in total. The Morgan fingerprint density at radius 1 is 1.21 bits per heavy atom. The molecule has 0 aliphatic carbocycles. The van der Waals surface area contributed by atoms with Crippen molar-refractivity contribution in [2.45, 2.75) is 4.90 Å². The van der Waals surface area contributed by atoms with Crippen LogP contribution in [-0.2, 0) is 14.8 Å². The summed E-state index contributed by atoms with van der Waals surface area (Å²) in [5, 5.41) is 3.26. The number of sulfonamides is 1. The van der Waals surface area contributed by atoms with Crippen LogP contribution in [0.5, 0.6) is 0 Å². The van der Waals surface area contributed by atoms with Crippen molar-refractivity contribution >= 4 is 34.0 Å². The Morgan fingerprint density at radius 3 is 2.53 bits per heavy atom. The molecule has 0 heterocycles. The van der Waals surface area contributed by atoms with E-state index in [4.69, 9.17) is 16.3 Å². The highest BCUT2D eigenvalue weighted by molar-refractivity contribution is 7.89. The highest BCUT2D eigenvalue weighted by atomic mass is 35.5. The molecule has 0 unspecified atom stereocenters. The molecule has 0 aliphatic heterocycles. The van der Waals surface area contributed by atoms with Gasteiger partial charge in [-0.05, 0) is 12.1 Å². The van der Waals surface area contributed by atoms with Crippen molar-refractivity contribution in [1.29, 1.82) is 0 Å². The molecule has 1 aromatic carbocycles. The quantitative estimate of drug-likeness (QED) is 0.705. The molecular weight excluding hydrogens is 311 g/mol. The number of hydrogen-bond acceptors (Lipinski definition) is 4. The predicted octanol–water partition coefficient (Wildman–Crippen LogP) is 1.28. The van der Waals surface area contributed by atoms with E-state index in [0.29, 0.717) is 26.2 Å². The van der Waals surface area contributed by atoms with Gasteiger partial charge in [0.05, 0.1) is 11.6 Å². The molecule has 0 saturated carbocycles. The molecule has 0 bridgehead atoms. The van der Waals surface area contributed by atoms with Crippen molar-refractivity contribution in [2.24, 2.45) is 0 Å². The van der Waals surface area contributed by atoms with Crippen molar-refractivity contribution < 1.29 is 13.2 Å². The topological polar surface area (TPSA) is 67.4 Å². The predicted molar refractivity (Wildman–Crippen MR) is 78.6 cm³/mol. The monoisotopic (exact) mass is 328 g/mol. The van der Waals surface area contributed by atoms with E-state index in [9.17, 15) is 8.42 Å². The van der Waals surface area contributed by atoms with Gasteiger partial charge in [-0.1, -0.05) is 23.7 Å². The molecule has 0 aromatic heterocycles. The van der Waals surface area contributed by atoms with Gasteiger partial charge in [-0.2, -0.15) is 0 Å². The molecule has 0 amide bonds. The lowest BCUT2D eigenvalue weighted by molar-refractivity contribution is 0.199. The largest absolute Gasteiger partial charge is 0.383 e. The molecule has 1 rings (SSSR count). The van der Waals surface area contributed by atoms with E-state index in [1.54, 1.807) is 25.3 Å². The van der Waals surface area contributed by atoms with Gasteiger partial charge in [0.2, 0.25) is 10.0 Å². The van der Waals surface area contributed by atoms with E-state index >= 15 is 0 Å². The Morgan fingerprint density at radius 2 is 1.89 bits per heavy atom. The van der Waals surface area contributed by atoms with Crippen molar-refractivity contribution in [2.75, 3.05) is 33.4 Å². The van der Waals surface area contributed by atoms with Crippen LogP contribution in [0.3, 0.4) is 0 Å². The summed E-state index contributed by atoms with van der Waals surface area (Å²) in [5.41, 5.74) is 0. The molecule has 110 valence electrons. The molecule has 8 heteroatoms. The average Bonchev–Trinajstić information content (AvgIpc) is 2.34. The number of methoxy groups -OCH3 is 1. The fourth-order valence-electron chi connectivity index (χ4n) is 1.31. The maximum Gasteiger partial charge on any atom is 0.242 e. The summed E-state index contributed by atoms with van der Waals surface area (Å²) in [6.45, 7) is 2.12. The molecule has 2 N–H and O–H groups in total. The highest BCUT2D eigenvalue weighted by Gasteiger charge is 2.16. The van der Waals surface area contributed by atoms with E-state index in [2.05, 4.69) is 10.0 Å². The van der Waals surface area contributed by atoms with E-state index < -0.39 is 10.0 Å². The van der Waals surface area contributed by atoms with Gasteiger partial charge in [0.25, 0.3) is 0 Å². The highest BCUT2D eigenvalue weighted by Crippen LogP contribution is 2.19. The maximum absolute atomic E-state index is 11.9. The van der Waals surface area contributed by atoms with Crippen molar-refractivity contribution in [3.05, 3.63) is 29.3 Å². The van der Waals surface area contributed by atoms with Gasteiger partial charge < -0.3 is 10.1 Å². The average molecular weight is 329 g/mol. The molecular formula is C11H18Cl2N2O3S. The minimum atomic E-state index is -3.54. The van der Waals surface area contributed by atoms with Crippen LogP contribution in [0.25, 0.3) is 0 Å². The molecule has 0 aliphatic rings. The first-order chi connectivity index (χ1) is 8.58. The maximum atomic E-state index is 11.9. The first-order valence-corrected chi connectivity index (χ1v) is 7.38. The molecule has 19 heavy (non-hydrogen) atoms. The second kappa shape index (κ2) is 9.52. The molecule has 0 fully saturated rings. The lowest BCUT2D eigenvalue weighted by Gasteiger charge is -2.08. The molecule has 0 radical (unpaired) electrons. The third kappa shape index (κ3) is 6.56. The van der Waals surface area contributed by atoms with Gasteiger partial charge in [-0.15, -0.1) is 12.4 Å². The lowest BCUT2D eigenvalue weighted by Crippen LogP contribution is -2.33. The van der Waals surface area contributed by atoms with Crippen LogP contribution >= 0.6 is 24.0 Å². The number of ether oxygens (including phenoxy) is 1. The van der Waals surface area contributed by atoms with Crippen molar-refractivity contribution in [3.63, 3.8) is 0 Å². The first-order valence-electron chi connectivity index (χ1n) is 5.52. The minimum Gasteiger partial charge on any atom is -0.383 e. The zero-order valence-corrected chi connectivity index (χ0v) is 12.9. The van der Waals surface area contributed by atoms with Crippen molar-refractivity contribution in [3.8, 4) is 0 Å². The zero-order chi connectivity index (χ0) is 13.4. The Balaban J connectivity index is 0.00000324. The number of halogens is 2. The summed E-state index contributed by atoms with van der Waals surface area (Å²) in [6.07, 6.45) is 0. The van der Waals surface area contributed by atoms with Gasteiger partial charge in [0.15, 0.2) is 0 Å². The van der Waals surface area contributed by atoms with Gasteiger partial charge >= 0.3 is 0 Å². The van der Waals surface area contributed by atoms with E-state index in [0.717, 1.165) is 0 Å². The Hall–Kier alpha value is -0.370. The first kappa shape index (κ1) is 18.6. The number of hydrogen-bond donors (Lipinski definition) is 2. The van der Waals surface area contributed by atoms with Gasteiger partial charge in [-0.25, -0.2) is 13.1 Å². The number of rotatable bonds is 8. The van der Waals surface area contributed by atoms with E-state index in [1.165, 1.54) is 6.07 Å². The van der Waals surface area contributed by atoms with Crippen LogP contribution in [0, 0.1) is 0 Å². The van der Waals surface area contributed by atoms with Crippen LogP contribution < -0.4 is 10.0 Å². The van der Waals surface area contributed by atoms with Gasteiger partial charge in [-0.3, -0.25) is 0 Å². The summed E-state index contributed by atoms with van der Waals surface area (Å²) < 4.78 is 31.1. The standard InChI is InChI=1S/C11H17ClN2O3S.ClH/c1-17-9-8-13-6-7-14-18(15,16)11-5-3-2-4-10(11)12;/h2-5,13-14H,6-9H2,1H3;1H. The SMILES string of the molecule is COCCNCCNS(=O)(=O)c1ccccc1Cl.Cl. The zero-order valence-electron chi connectivity index (χ0n) is 10.6. The Labute approximate surface area is 125 Å².